The largest absolute Gasteiger partial charge is 0.461 e. The lowest BCUT2D eigenvalue weighted by Crippen LogP contribution is -2.37. The maximum absolute atomic E-state index is 11.6. The number of carbonyl (C=O) groups excluding carboxylic acids is 1. The molecular formula is C13H23BrO2. The zero-order valence-electron chi connectivity index (χ0n) is 10.7. The number of hydrogen-bond acceptors (Lipinski definition) is 2. The van der Waals surface area contributed by atoms with E-state index < -0.39 is 0 Å². The van der Waals surface area contributed by atoms with Crippen LogP contribution in [0.1, 0.15) is 47.0 Å². The van der Waals surface area contributed by atoms with Gasteiger partial charge in [-0.1, -0.05) is 43.1 Å². The zero-order chi connectivity index (χ0) is 12.3. The highest BCUT2D eigenvalue weighted by atomic mass is 79.9. The van der Waals surface area contributed by atoms with Crippen LogP contribution >= 0.6 is 15.9 Å². The Labute approximate surface area is 107 Å². The van der Waals surface area contributed by atoms with Gasteiger partial charge in [0.05, 0.1) is 0 Å². The number of carbonyl (C=O) groups is 1. The summed E-state index contributed by atoms with van der Waals surface area (Å²) in [6.07, 6.45) is 3.60. The first-order chi connectivity index (χ1) is 7.41. The molecule has 2 nitrogen and oxygen atoms in total. The van der Waals surface area contributed by atoms with Crippen LogP contribution in [0, 0.1) is 17.8 Å². The van der Waals surface area contributed by atoms with Gasteiger partial charge in [0.2, 0.25) is 0 Å². The van der Waals surface area contributed by atoms with Crippen LogP contribution in [0.15, 0.2) is 0 Å². The van der Waals surface area contributed by atoms with E-state index in [9.17, 15) is 4.79 Å². The van der Waals surface area contributed by atoms with Crippen LogP contribution in [0.2, 0.25) is 0 Å². The first-order valence-electron chi connectivity index (χ1n) is 6.26. The molecule has 4 atom stereocenters. The zero-order valence-corrected chi connectivity index (χ0v) is 12.3. The van der Waals surface area contributed by atoms with Crippen molar-refractivity contribution in [1.29, 1.82) is 0 Å². The Hall–Kier alpha value is -0.0500. The van der Waals surface area contributed by atoms with Gasteiger partial charge in [0.1, 0.15) is 10.9 Å². The van der Waals surface area contributed by atoms with Crippen molar-refractivity contribution in [3.8, 4) is 0 Å². The van der Waals surface area contributed by atoms with Crippen molar-refractivity contribution in [3.05, 3.63) is 0 Å². The van der Waals surface area contributed by atoms with Crippen molar-refractivity contribution in [2.75, 3.05) is 0 Å². The molecule has 0 N–H and O–H groups in total. The predicted octanol–water partition coefficient (Wildman–Crippen LogP) is 3.77. The monoisotopic (exact) mass is 290 g/mol. The van der Waals surface area contributed by atoms with E-state index in [-0.39, 0.29) is 16.9 Å². The highest BCUT2D eigenvalue weighted by molar-refractivity contribution is 9.10. The molecule has 0 heterocycles. The third-order valence-corrected chi connectivity index (χ3v) is 3.93. The molecule has 0 aromatic carbocycles. The summed E-state index contributed by atoms with van der Waals surface area (Å²) >= 11 is 3.26. The van der Waals surface area contributed by atoms with Crippen LogP contribution < -0.4 is 0 Å². The molecule has 0 saturated heterocycles. The van der Waals surface area contributed by atoms with Crippen molar-refractivity contribution < 1.29 is 9.53 Å². The number of alkyl halides is 1. The Kier molecular flexibility index (Phi) is 5.29. The van der Waals surface area contributed by atoms with E-state index in [1.807, 2.05) is 6.92 Å². The number of rotatable bonds is 3. The number of halogens is 1. The summed E-state index contributed by atoms with van der Waals surface area (Å²) in [5.41, 5.74) is 0. The van der Waals surface area contributed by atoms with E-state index in [2.05, 4.69) is 36.7 Å². The van der Waals surface area contributed by atoms with Crippen LogP contribution in [-0.4, -0.2) is 16.9 Å². The molecule has 0 bridgehead atoms. The maximum Gasteiger partial charge on any atom is 0.319 e. The van der Waals surface area contributed by atoms with E-state index in [0.29, 0.717) is 17.8 Å². The number of ether oxygens (including phenoxy) is 1. The molecule has 1 saturated carbocycles. The first kappa shape index (κ1) is 14.0. The smallest absolute Gasteiger partial charge is 0.319 e. The second-order valence-electron chi connectivity index (χ2n) is 5.42. The van der Waals surface area contributed by atoms with Crippen LogP contribution in [0.5, 0.6) is 0 Å². The summed E-state index contributed by atoms with van der Waals surface area (Å²) in [7, 11) is 0. The van der Waals surface area contributed by atoms with Gasteiger partial charge >= 0.3 is 5.97 Å². The molecular weight excluding hydrogens is 268 g/mol. The lowest BCUT2D eigenvalue weighted by molar-refractivity contribution is -0.154. The van der Waals surface area contributed by atoms with Gasteiger partial charge < -0.3 is 4.74 Å². The van der Waals surface area contributed by atoms with Gasteiger partial charge in [-0.15, -0.1) is 0 Å². The molecule has 3 heteroatoms. The van der Waals surface area contributed by atoms with E-state index >= 15 is 0 Å². The molecule has 0 amide bonds. The van der Waals surface area contributed by atoms with Gasteiger partial charge in [-0.25, -0.2) is 0 Å². The Balaban J connectivity index is 2.61. The summed E-state index contributed by atoms with van der Waals surface area (Å²) in [5.74, 6) is 1.69. The first-order valence-corrected chi connectivity index (χ1v) is 7.18. The van der Waals surface area contributed by atoms with Gasteiger partial charge in [0, 0.05) is 0 Å². The summed E-state index contributed by atoms with van der Waals surface area (Å²) in [6.45, 7) is 8.51. The van der Waals surface area contributed by atoms with Gasteiger partial charge in [0.15, 0.2) is 0 Å². The van der Waals surface area contributed by atoms with Gasteiger partial charge in [-0.3, -0.25) is 4.79 Å². The highest BCUT2D eigenvalue weighted by Crippen LogP contribution is 2.35. The fourth-order valence-corrected chi connectivity index (χ4v) is 2.60. The molecule has 1 aliphatic carbocycles. The summed E-state index contributed by atoms with van der Waals surface area (Å²) in [4.78, 5) is 11.4. The minimum atomic E-state index is -0.197. The van der Waals surface area contributed by atoms with Crippen molar-refractivity contribution in [3.63, 3.8) is 0 Å². The SMILES string of the molecule is CC(C)[C@@H]1CC[C@@H](C)C[C@H]1OC(=O)[C@H](C)Br. The van der Waals surface area contributed by atoms with Crippen LogP contribution in [0.25, 0.3) is 0 Å². The third kappa shape index (κ3) is 3.76. The van der Waals surface area contributed by atoms with E-state index in [4.69, 9.17) is 4.74 Å². The summed E-state index contributed by atoms with van der Waals surface area (Å²) in [6, 6.07) is 0. The summed E-state index contributed by atoms with van der Waals surface area (Å²) in [5, 5.41) is 0. The topological polar surface area (TPSA) is 26.3 Å². The molecule has 1 rings (SSSR count). The number of hydrogen-bond donors (Lipinski definition) is 0. The Morgan fingerprint density at radius 2 is 1.94 bits per heavy atom. The third-order valence-electron chi connectivity index (χ3n) is 3.55. The molecule has 0 aromatic rings. The Morgan fingerprint density at radius 3 is 2.44 bits per heavy atom. The van der Waals surface area contributed by atoms with Gasteiger partial charge in [-0.2, -0.15) is 0 Å². The van der Waals surface area contributed by atoms with E-state index in [0.717, 1.165) is 6.42 Å². The van der Waals surface area contributed by atoms with Crippen LogP contribution in [-0.2, 0) is 9.53 Å². The predicted molar refractivity (Wildman–Crippen MR) is 69.6 cm³/mol. The molecule has 0 unspecified atom stereocenters. The van der Waals surface area contributed by atoms with Crippen LogP contribution in [0.3, 0.4) is 0 Å². The average molecular weight is 291 g/mol. The lowest BCUT2D eigenvalue weighted by Gasteiger charge is -2.36. The van der Waals surface area contributed by atoms with Crippen molar-refractivity contribution in [2.45, 2.75) is 57.9 Å². The minimum absolute atomic E-state index is 0.121. The van der Waals surface area contributed by atoms with E-state index in [1.165, 1.54) is 12.8 Å². The average Bonchev–Trinajstić information content (AvgIpc) is 2.16. The van der Waals surface area contributed by atoms with Crippen molar-refractivity contribution in [2.24, 2.45) is 17.8 Å². The lowest BCUT2D eigenvalue weighted by atomic mass is 9.75. The fourth-order valence-electron chi connectivity index (χ4n) is 2.49. The van der Waals surface area contributed by atoms with Crippen molar-refractivity contribution >= 4 is 21.9 Å². The Morgan fingerprint density at radius 1 is 1.31 bits per heavy atom. The molecule has 0 radical (unpaired) electrons. The van der Waals surface area contributed by atoms with Crippen molar-refractivity contribution in [1.82, 2.24) is 0 Å². The second kappa shape index (κ2) is 6.04. The molecule has 0 spiro atoms. The molecule has 94 valence electrons. The van der Waals surface area contributed by atoms with Gasteiger partial charge in [-0.05, 0) is 37.5 Å². The standard InChI is InChI=1S/C13H23BrO2/c1-8(2)11-6-5-9(3)7-12(11)16-13(15)10(4)14/h8-12H,5-7H2,1-4H3/t9-,10+,11+,12-/m1/s1. The maximum atomic E-state index is 11.6. The Bertz CT molecular complexity index is 238. The van der Waals surface area contributed by atoms with Crippen LogP contribution in [0.4, 0.5) is 0 Å². The fraction of sp³-hybridized carbons (Fsp3) is 0.923. The molecule has 1 aliphatic rings. The second-order valence-corrected chi connectivity index (χ2v) is 6.79. The highest BCUT2D eigenvalue weighted by Gasteiger charge is 2.33. The summed E-state index contributed by atoms with van der Waals surface area (Å²) < 4.78 is 5.61. The minimum Gasteiger partial charge on any atom is -0.461 e. The molecule has 1 fully saturated rings. The normalized spacial score (nSPS) is 32.5. The quantitative estimate of drug-likeness (QED) is 0.584. The molecule has 0 aromatic heterocycles. The molecule has 16 heavy (non-hydrogen) atoms. The van der Waals surface area contributed by atoms with E-state index in [1.54, 1.807) is 0 Å². The number of esters is 1. The molecule has 0 aliphatic heterocycles. The van der Waals surface area contributed by atoms with Gasteiger partial charge in [0.25, 0.3) is 0 Å².